The first-order valence-corrected chi connectivity index (χ1v) is 7.97. The molecule has 0 atom stereocenters. The van der Waals surface area contributed by atoms with Crippen molar-refractivity contribution in [2.45, 2.75) is 40.5 Å². The molecule has 0 heterocycles. The Balaban J connectivity index is 0.00000116. The van der Waals surface area contributed by atoms with Gasteiger partial charge in [0.15, 0.2) is 5.75 Å². The molecule has 0 saturated heterocycles. The lowest BCUT2D eigenvalue weighted by molar-refractivity contribution is 0.482. The first kappa shape index (κ1) is 18.0. The first-order valence-electron chi connectivity index (χ1n) is 7.97. The van der Waals surface area contributed by atoms with Crippen LogP contribution in [-0.2, 0) is 0 Å². The highest BCUT2D eigenvalue weighted by molar-refractivity contribution is 5.95. The Morgan fingerprint density at radius 2 is 1.91 bits per heavy atom. The van der Waals surface area contributed by atoms with Crippen molar-refractivity contribution in [3.8, 4) is 5.75 Å². The van der Waals surface area contributed by atoms with Gasteiger partial charge in [-0.1, -0.05) is 33.3 Å². The minimum absolute atomic E-state index is 0.187. The van der Waals surface area contributed by atoms with E-state index in [2.05, 4.69) is 35.5 Å². The lowest BCUT2D eigenvalue weighted by Crippen LogP contribution is -2.02. The molecule has 0 aromatic heterocycles. The Bertz CT molecular complexity index is 636. The van der Waals surface area contributed by atoms with Crippen molar-refractivity contribution in [3.63, 3.8) is 0 Å². The summed E-state index contributed by atoms with van der Waals surface area (Å²) < 4.78 is 0. The van der Waals surface area contributed by atoms with Gasteiger partial charge in [0.05, 0.1) is 0 Å². The Morgan fingerprint density at radius 3 is 2.55 bits per heavy atom. The molecule has 0 aliphatic heterocycles. The predicted octanol–water partition coefficient (Wildman–Crippen LogP) is 5.81. The number of phenols is 1. The van der Waals surface area contributed by atoms with Crippen LogP contribution in [0.25, 0.3) is 10.8 Å². The topological polar surface area (TPSA) is 57.0 Å². The number of hydrogen-bond donors (Lipinski definition) is 2. The fourth-order valence-electron chi connectivity index (χ4n) is 2.24. The standard InChI is InChI=1S/C16H21N3O.C2H6/c1-4-5-8-18-15-10-13-12(9-11(15)2)6-7-14(16(13)20)19-17-3;1-2/h6-7,9-10,18,20H,4-5,8H2,1-3H3;1-2H3. The van der Waals surface area contributed by atoms with Crippen molar-refractivity contribution in [1.29, 1.82) is 0 Å². The molecular weight excluding hydrogens is 274 g/mol. The van der Waals surface area contributed by atoms with Gasteiger partial charge in [0.25, 0.3) is 0 Å². The third-order valence-corrected chi connectivity index (χ3v) is 3.37. The SMILES string of the molecule is CC.CCCCNc1cc2c(O)c(N=NC)ccc2cc1C. The largest absolute Gasteiger partial charge is 0.505 e. The van der Waals surface area contributed by atoms with Crippen LogP contribution in [0, 0.1) is 6.92 Å². The van der Waals surface area contributed by atoms with E-state index < -0.39 is 0 Å². The second-order valence-electron chi connectivity index (χ2n) is 4.90. The Morgan fingerprint density at radius 1 is 1.18 bits per heavy atom. The van der Waals surface area contributed by atoms with Crippen LogP contribution in [0.4, 0.5) is 11.4 Å². The van der Waals surface area contributed by atoms with Crippen LogP contribution in [0.15, 0.2) is 34.5 Å². The maximum atomic E-state index is 10.3. The molecular formula is C18H27N3O. The van der Waals surface area contributed by atoms with E-state index in [4.69, 9.17) is 0 Å². The molecule has 4 heteroatoms. The number of aromatic hydroxyl groups is 1. The van der Waals surface area contributed by atoms with E-state index in [1.165, 1.54) is 5.56 Å². The Kier molecular flexibility index (Phi) is 7.37. The second-order valence-corrected chi connectivity index (χ2v) is 4.90. The van der Waals surface area contributed by atoms with Crippen LogP contribution < -0.4 is 5.32 Å². The van der Waals surface area contributed by atoms with Crippen molar-refractivity contribution in [2.75, 3.05) is 18.9 Å². The number of nitrogens with zero attached hydrogens (tertiary/aromatic N) is 2. The number of unbranched alkanes of at least 4 members (excludes halogenated alkanes) is 1. The molecule has 0 spiro atoms. The summed E-state index contributed by atoms with van der Waals surface area (Å²) in [6.07, 6.45) is 2.29. The molecule has 2 aromatic rings. The van der Waals surface area contributed by atoms with E-state index in [9.17, 15) is 5.11 Å². The summed E-state index contributed by atoms with van der Waals surface area (Å²) in [7, 11) is 1.59. The predicted molar refractivity (Wildman–Crippen MR) is 95.5 cm³/mol. The number of fused-ring (bicyclic) bond motifs is 1. The van der Waals surface area contributed by atoms with Gasteiger partial charge in [0, 0.05) is 24.7 Å². The van der Waals surface area contributed by atoms with Gasteiger partial charge in [-0.15, -0.1) is 0 Å². The molecule has 2 rings (SSSR count). The van der Waals surface area contributed by atoms with Crippen molar-refractivity contribution in [1.82, 2.24) is 0 Å². The van der Waals surface area contributed by atoms with E-state index in [-0.39, 0.29) is 5.75 Å². The van der Waals surface area contributed by atoms with Gasteiger partial charge in [-0.05, 0) is 42.5 Å². The minimum Gasteiger partial charge on any atom is -0.505 e. The number of hydrogen-bond acceptors (Lipinski definition) is 4. The third-order valence-electron chi connectivity index (χ3n) is 3.37. The molecule has 4 nitrogen and oxygen atoms in total. The molecule has 0 amide bonds. The smallest absolute Gasteiger partial charge is 0.150 e. The van der Waals surface area contributed by atoms with Crippen LogP contribution in [0.1, 0.15) is 39.2 Å². The fourth-order valence-corrected chi connectivity index (χ4v) is 2.24. The zero-order chi connectivity index (χ0) is 16.5. The first-order chi connectivity index (χ1) is 10.7. The van der Waals surface area contributed by atoms with E-state index in [0.717, 1.165) is 35.8 Å². The van der Waals surface area contributed by atoms with Crippen molar-refractivity contribution < 1.29 is 5.11 Å². The number of nitrogens with one attached hydrogen (secondary N) is 1. The molecule has 0 aliphatic carbocycles. The van der Waals surface area contributed by atoms with Crippen molar-refractivity contribution in [3.05, 3.63) is 29.8 Å². The van der Waals surface area contributed by atoms with E-state index in [1.54, 1.807) is 13.1 Å². The lowest BCUT2D eigenvalue weighted by Gasteiger charge is -2.12. The highest BCUT2D eigenvalue weighted by Gasteiger charge is 2.08. The monoisotopic (exact) mass is 301 g/mol. The van der Waals surface area contributed by atoms with Crippen LogP contribution >= 0.6 is 0 Å². The quantitative estimate of drug-likeness (QED) is 0.541. The summed E-state index contributed by atoms with van der Waals surface area (Å²) in [6.45, 7) is 9.19. The number of anilines is 1. The number of phenolic OH excluding ortho intramolecular Hbond substituents is 1. The summed E-state index contributed by atoms with van der Waals surface area (Å²) in [5, 5.41) is 23.2. The average Bonchev–Trinajstić information content (AvgIpc) is 2.53. The summed E-state index contributed by atoms with van der Waals surface area (Å²) in [5.74, 6) is 0.187. The molecule has 0 radical (unpaired) electrons. The van der Waals surface area contributed by atoms with Crippen LogP contribution in [0.5, 0.6) is 5.75 Å². The second kappa shape index (κ2) is 9.03. The van der Waals surface area contributed by atoms with Crippen LogP contribution in [0.2, 0.25) is 0 Å². The number of benzene rings is 2. The highest BCUT2D eigenvalue weighted by Crippen LogP contribution is 2.37. The molecule has 120 valence electrons. The van der Waals surface area contributed by atoms with Crippen LogP contribution in [0.3, 0.4) is 0 Å². The summed E-state index contributed by atoms with van der Waals surface area (Å²) in [6, 6.07) is 7.82. The van der Waals surface area contributed by atoms with E-state index in [0.29, 0.717) is 5.69 Å². The fraction of sp³-hybridized carbons (Fsp3) is 0.444. The summed E-state index contributed by atoms with van der Waals surface area (Å²) in [4.78, 5) is 0. The van der Waals surface area contributed by atoms with E-state index >= 15 is 0 Å². The van der Waals surface area contributed by atoms with Crippen molar-refractivity contribution >= 4 is 22.1 Å². The highest BCUT2D eigenvalue weighted by atomic mass is 16.3. The van der Waals surface area contributed by atoms with Crippen LogP contribution in [-0.4, -0.2) is 18.7 Å². The third kappa shape index (κ3) is 4.20. The van der Waals surface area contributed by atoms with Gasteiger partial charge in [-0.25, -0.2) is 0 Å². The van der Waals surface area contributed by atoms with Gasteiger partial charge in [-0.3, -0.25) is 0 Å². The maximum Gasteiger partial charge on any atom is 0.150 e. The van der Waals surface area contributed by atoms with Gasteiger partial charge in [-0.2, -0.15) is 10.2 Å². The van der Waals surface area contributed by atoms with E-state index in [1.807, 2.05) is 26.0 Å². The molecule has 2 N–H and O–H groups in total. The maximum absolute atomic E-state index is 10.3. The minimum atomic E-state index is 0.187. The average molecular weight is 301 g/mol. The normalized spacial score (nSPS) is 10.6. The van der Waals surface area contributed by atoms with Gasteiger partial charge in [0.1, 0.15) is 5.69 Å². The number of aryl methyl sites for hydroxylation is 1. The molecule has 0 bridgehead atoms. The molecule has 0 saturated carbocycles. The summed E-state index contributed by atoms with van der Waals surface area (Å²) >= 11 is 0. The molecule has 2 aromatic carbocycles. The Hall–Kier alpha value is -2.10. The zero-order valence-electron chi connectivity index (χ0n) is 14.3. The van der Waals surface area contributed by atoms with Gasteiger partial charge >= 0.3 is 0 Å². The molecule has 0 fully saturated rings. The molecule has 0 unspecified atom stereocenters. The summed E-state index contributed by atoms with van der Waals surface area (Å²) in [5.41, 5.74) is 2.74. The van der Waals surface area contributed by atoms with Gasteiger partial charge < -0.3 is 10.4 Å². The zero-order valence-corrected chi connectivity index (χ0v) is 14.3. The van der Waals surface area contributed by atoms with Gasteiger partial charge in [0.2, 0.25) is 0 Å². The lowest BCUT2D eigenvalue weighted by atomic mass is 10.0. The van der Waals surface area contributed by atoms with Crippen molar-refractivity contribution in [2.24, 2.45) is 10.2 Å². The molecule has 22 heavy (non-hydrogen) atoms. The number of rotatable bonds is 5. The Labute approximate surface area is 133 Å². The number of azo groups is 1. The molecule has 0 aliphatic rings.